The normalized spacial score (nSPS) is 12.0. The molecule has 96 valence electrons. The van der Waals surface area contributed by atoms with E-state index in [1.54, 1.807) is 12.1 Å². The first-order valence-electron chi connectivity index (χ1n) is 5.40. The van der Waals surface area contributed by atoms with Gasteiger partial charge in [-0.1, -0.05) is 31.5 Å². The third-order valence-electron chi connectivity index (χ3n) is 2.04. The van der Waals surface area contributed by atoms with Gasteiger partial charge in [-0.2, -0.15) is 12.7 Å². The van der Waals surface area contributed by atoms with Gasteiger partial charge in [-0.25, -0.2) is 5.43 Å². The molecule has 0 radical (unpaired) electrons. The lowest BCUT2D eigenvalue weighted by Crippen LogP contribution is -2.36. The van der Waals surface area contributed by atoms with E-state index in [1.807, 2.05) is 20.8 Å². The molecule has 0 saturated heterocycles. The van der Waals surface area contributed by atoms with Crippen molar-refractivity contribution in [2.24, 2.45) is 5.92 Å². The van der Waals surface area contributed by atoms with Gasteiger partial charge in [-0.15, -0.1) is 5.59 Å². The molecule has 1 aromatic rings. The second-order valence-electron chi connectivity index (χ2n) is 4.23. The van der Waals surface area contributed by atoms with Gasteiger partial charge in [-0.3, -0.25) is 0 Å². The van der Waals surface area contributed by atoms with Crippen molar-refractivity contribution in [3.8, 4) is 0 Å². The molecule has 0 saturated carbocycles. The fourth-order valence-corrected chi connectivity index (χ4v) is 1.82. The Labute approximate surface area is 102 Å². The molecule has 5 nitrogen and oxygen atoms in total. The molecule has 0 aliphatic carbocycles. The Kier molecular flexibility index (Phi) is 5.07. The number of hydrogen-bond donors (Lipinski definition) is 2. The molecule has 1 aromatic carbocycles. The zero-order valence-electron chi connectivity index (χ0n) is 10.2. The minimum Gasteiger partial charge on any atom is -0.233 e. The summed E-state index contributed by atoms with van der Waals surface area (Å²) in [5.74, 6) is 0.396. The Morgan fingerprint density at radius 2 is 1.82 bits per heavy atom. The summed E-state index contributed by atoms with van der Waals surface area (Å²) in [6, 6.07) is 6.46. The quantitative estimate of drug-likeness (QED) is 0.596. The standard InChI is InChI=1S/C11H18N2O3S/c1-9(2)8-12-13-16-17(14,15)11-6-4-10(3)5-7-11/h4-7,9,12-13H,8H2,1-3H3. The molecule has 0 amide bonds. The summed E-state index contributed by atoms with van der Waals surface area (Å²) < 4.78 is 27.9. The van der Waals surface area contributed by atoms with E-state index in [0.717, 1.165) is 5.56 Å². The van der Waals surface area contributed by atoms with Gasteiger partial charge in [0.2, 0.25) is 0 Å². The van der Waals surface area contributed by atoms with E-state index in [4.69, 9.17) is 0 Å². The Morgan fingerprint density at radius 1 is 1.24 bits per heavy atom. The summed E-state index contributed by atoms with van der Waals surface area (Å²) in [6.45, 7) is 6.51. The van der Waals surface area contributed by atoms with E-state index in [1.165, 1.54) is 12.1 Å². The molecular weight excluding hydrogens is 240 g/mol. The average molecular weight is 258 g/mol. The highest BCUT2D eigenvalue weighted by Gasteiger charge is 2.14. The van der Waals surface area contributed by atoms with Crippen LogP contribution in [0.25, 0.3) is 0 Å². The van der Waals surface area contributed by atoms with Crippen LogP contribution in [0.15, 0.2) is 29.2 Å². The SMILES string of the molecule is Cc1ccc(S(=O)(=O)ONNCC(C)C)cc1. The Bertz CT molecular complexity index is 440. The van der Waals surface area contributed by atoms with Gasteiger partial charge in [0.15, 0.2) is 0 Å². The van der Waals surface area contributed by atoms with Crippen molar-refractivity contribution in [2.45, 2.75) is 25.7 Å². The molecule has 0 unspecified atom stereocenters. The molecule has 6 heteroatoms. The molecule has 0 spiro atoms. The van der Waals surface area contributed by atoms with Gasteiger partial charge >= 0.3 is 10.1 Å². The highest BCUT2D eigenvalue weighted by atomic mass is 32.2. The zero-order valence-corrected chi connectivity index (χ0v) is 11.0. The van der Waals surface area contributed by atoms with Crippen molar-refractivity contribution in [3.63, 3.8) is 0 Å². The van der Waals surface area contributed by atoms with Crippen LogP contribution in [0.5, 0.6) is 0 Å². The van der Waals surface area contributed by atoms with Crippen LogP contribution >= 0.6 is 0 Å². The topological polar surface area (TPSA) is 67.4 Å². The van der Waals surface area contributed by atoms with Crippen molar-refractivity contribution >= 4 is 10.1 Å². The second-order valence-corrected chi connectivity index (χ2v) is 5.77. The predicted octanol–water partition coefficient (Wildman–Crippen LogP) is 1.37. The molecular formula is C11H18N2O3S. The molecule has 0 aliphatic rings. The van der Waals surface area contributed by atoms with Gasteiger partial charge in [0.05, 0.1) is 4.90 Å². The van der Waals surface area contributed by atoms with E-state index in [2.05, 4.69) is 15.3 Å². The van der Waals surface area contributed by atoms with E-state index in [-0.39, 0.29) is 4.90 Å². The second kappa shape index (κ2) is 6.11. The molecule has 2 N–H and O–H groups in total. The largest absolute Gasteiger partial charge is 0.314 e. The van der Waals surface area contributed by atoms with Crippen molar-refractivity contribution in [3.05, 3.63) is 29.8 Å². The van der Waals surface area contributed by atoms with Crippen LogP contribution in [-0.2, 0) is 14.4 Å². The monoisotopic (exact) mass is 258 g/mol. The van der Waals surface area contributed by atoms with Gasteiger partial charge < -0.3 is 0 Å². The summed E-state index contributed by atoms with van der Waals surface area (Å²) >= 11 is 0. The van der Waals surface area contributed by atoms with Crippen LogP contribution in [-0.4, -0.2) is 15.0 Å². The minimum atomic E-state index is -3.75. The number of benzene rings is 1. The van der Waals surface area contributed by atoms with Crippen LogP contribution < -0.4 is 11.0 Å². The molecule has 1 rings (SSSR count). The molecule has 0 heterocycles. The van der Waals surface area contributed by atoms with Gasteiger partial charge in [-0.05, 0) is 25.0 Å². The number of aryl methyl sites for hydroxylation is 1. The van der Waals surface area contributed by atoms with Crippen LogP contribution in [0.4, 0.5) is 0 Å². The van der Waals surface area contributed by atoms with E-state index >= 15 is 0 Å². The summed E-state index contributed by atoms with van der Waals surface area (Å²) in [5, 5.41) is 0. The first-order chi connectivity index (χ1) is 7.92. The highest BCUT2D eigenvalue weighted by molar-refractivity contribution is 7.86. The van der Waals surface area contributed by atoms with Gasteiger partial charge in [0.1, 0.15) is 0 Å². The molecule has 17 heavy (non-hydrogen) atoms. The first-order valence-corrected chi connectivity index (χ1v) is 6.80. The number of hydrogen-bond acceptors (Lipinski definition) is 5. The lowest BCUT2D eigenvalue weighted by Gasteiger charge is -2.09. The van der Waals surface area contributed by atoms with E-state index in [0.29, 0.717) is 12.5 Å². The summed E-state index contributed by atoms with van der Waals surface area (Å²) in [6.07, 6.45) is 0. The van der Waals surface area contributed by atoms with Crippen molar-refractivity contribution < 1.29 is 12.7 Å². The lowest BCUT2D eigenvalue weighted by atomic mass is 10.2. The Morgan fingerprint density at radius 3 is 2.35 bits per heavy atom. The average Bonchev–Trinajstić information content (AvgIpc) is 2.25. The molecule has 0 aromatic heterocycles. The summed E-state index contributed by atoms with van der Waals surface area (Å²) in [4.78, 5) is 0.127. The fourth-order valence-electron chi connectivity index (χ4n) is 1.08. The maximum Gasteiger partial charge on any atom is 0.314 e. The van der Waals surface area contributed by atoms with Gasteiger partial charge in [0, 0.05) is 6.54 Å². The maximum atomic E-state index is 11.7. The number of hydrazine groups is 1. The fraction of sp³-hybridized carbons (Fsp3) is 0.455. The highest BCUT2D eigenvalue weighted by Crippen LogP contribution is 2.11. The molecule has 0 atom stereocenters. The van der Waals surface area contributed by atoms with E-state index < -0.39 is 10.1 Å². The van der Waals surface area contributed by atoms with Crippen LogP contribution in [0, 0.1) is 12.8 Å². The Hall–Kier alpha value is -0.950. The van der Waals surface area contributed by atoms with Gasteiger partial charge in [0.25, 0.3) is 0 Å². The Balaban J connectivity index is 2.54. The van der Waals surface area contributed by atoms with Crippen LogP contribution in [0.3, 0.4) is 0 Å². The smallest absolute Gasteiger partial charge is 0.233 e. The van der Waals surface area contributed by atoms with Crippen molar-refractivity contribution in [1.82, 2.24) is 11.0 Å². The number of rotatable bonds is 6. The third kappa shape index (κ3) is 4.82. The lowest BCUT2D eigenvalue weighted by molar-refractivity contribution is 0.152. The van der Waals surface area contributed by atoms with Crippen molar-refractivity contribution in [1.29, 1.82) is 0 Å². The van der Waals surface area contributed by atoms with Crippen molar-refractivity contribution in [2.75, 3.05) is 6.54 Å². The summed E-state index contributed by atoms with van der Waals surface area (Å²) in [5.41, 5.74) is 5.90. The zero-order chi connectivity index (χ0) is 12.9. The predicted molar refractivity (Wildman–Crippen MR) is 65.4 cm³/mol. The van der Waals surface area contributed by atoms with E-state index in [9.17, 15) is 8.42 Å². The third-order valence-corrected chi connectivity index (χ3v) is 3.20. The molecule has 0 bridgehead atoms. The maximum absolute atomic E-state index is 11.7. The van der Waals surface area contributed by atoms with Crippen LogP contribution in [0.1, 0.15) is 19.4 Å². The molecule has 0 fully saturated rings. The molecule has 0 aliphatic heterocycles. The van der Waals surface area contributed by atoms with Crippen LogP contribution in [0.2, 0.25) is 0 Å². The minimum absolute atomic E-state index is 0.127. The first kappa shape index (κ1) is 14.1. The number of nitrogens with one attached hydrogen (secondary N) is 2. The summed E-state index contributed by atoms with van der Waals surface area (Å²) in [7, 11) is -3.75.